The van der Waals surface area contributed by atoms with Gasteiger partial charge >= 0.3 is 0 Å². The number of aliphatic hydroxyl groups is 1. The van der Waals surface area contributed by atoms with Crippen LogP contribution in [-0.4, -0.2) is 15.8 Å². The smallest absolute Gasteiger partial charge is 0.137 e. The van der Waals surface area contributed by atoms with E-state index < -0.39 is 5.60 Å². The van der Waals surface area contributed by atoms with Crippen molar-refractivity contribution in [2.45, 2.75) is 45.6 Å². The fraction of sp³-hybridized carbons (Fsp3) is 0.538. The molecule has 0 saturated heterocycles. The second-order valence-corrected chi connectivity index (χ2v) is 5.30. The first kappa shape index (κ1) is 11.7. The van der Waals surface area contributed by atoms with Gasteiger partial charge in [0.05, 0.1) is 10.6 Å². The van der Waals surface area contributed by atoms with Gasteiger partial charge in [0.15, 0.2) is 0 Å². The molecule has 0 amide bonds. The molecule has 2 nitrogen and oxygen atoms in total. The van der Waals surface area contributed by atoms with Crippen LogP contribution in [0.1, 0.15) is 35.1 Å². The lowest BCUT2D eigenvalue weighted by atomic mass is 9.92. The van der Waals surface area contributed by atoms with E-state index in [1.54, 1.807) is 0 Å². The molecule has 3 heteroatoms. The summed E-state index contributed by atoms with van der Waals surface area (Å²) >= 11 is 6.08. The third-order valence-corrected chi connectivity index (χ3v) is 4.16. The minimum absolute atomic E-state index is 0.170. The number of rotatable bonds is 2. The van der Waals surface area contributed by atoms with E-state index in [4.69, 9.17) is 11.6 Å². The van der Waals surface area contributed by atoms with E-state index in [1.165, 1.54) is 0 Å². The largest absolute Gasteiger partial charge is 0.506 e. The van der Waals surface area contributed by atoms with Crippen LogP contribution in [0.3, 0.4) is 0 Å². The summed E-state index contributed by atoms with van der Waals surface area (Å²) in [4.78, 5) is 0. The third kappa shape index (κ3) is 1.80. The molecule has 1 aliphatic carbocycles. The summed E-state index contributed by atoms with van der Waals surface area (Å²) < 4.78 is 0. The molecule has 0 spiro atoms. The van der Waals surface area contributed by atoms with E-state index in [0.717, 1.165) is 35.1 Å². The highest BCUT2D eigenvalue weighted by Gasteiger charge is 2.41. The first-order chi connectivity index (χ1) is 7.36. The summed E-state index contributed by atoms with van der Waals surface area (Å²) in [5, 5.41) is 20.2. The molecular weight excluding hydrogens is 224 g/mol. The van der Waals surface area contributed by atoms with Gasteiger partial charge in [0.1, 0.15) is 5.75 Å². The minimum Gasteiger partial charge on any atom is -0.506 e. The van der Waals surface area contributed by atoms with Crippen LogP contribution in [0.2, 0.25) is 5.02 Å². The molecule has 1 aliphatic rings. The molecule has 2 rings (SSSR count). The summed E-state index contributed by atoms with van der Waals surface area (Å²) in [5.74, 6) is 0.170. The second-order valence-electron chi connectivity index (χ2n) is 4.92. The predicted octanol–water partition coefficient (Wildman–Crippen LogP) is 3.04. The van der Waals surface area contributed by atoms with Gasteiger partial charge in [-0.25, -0.2) is 0 Å². The van der Waals surface area contributed by atoms with Crippen molar-refractivity contribution in [2.75, 3.05) is 0 Å². The van der Waals surface area contributed by atoms with Crippen molar-refractivity contribution in [3.8, 4) is 5.75 Å². The Balaban J connectivity index is 2.51. The number of halogens is 1. The highest BCUT2D eigenvalue weighted by molar-refractivity contribution is 6.33. The molecule has 16 heavy (non-hydrogen) atoms. The Labute approximate surface area is 101 Å². The predicted molar refractivity (Wildman–Crippen MR) is 65.2 cm³/mol. The van der Waals surface area contributed by atoms with Crippen molar-refractivity contribution in [3.63, 3.8) is 0 Å². The van der Waals surface area contributed by atoms with Crippen molar-refractivity contribution in [1.29, 1.82) is 0 Å². The summed E-state index contributed by atoms with van der Waals surface area (Å²) in [7, 11) is 0. The summed E-state index contributed by atoms with van der Waals surface area (Å²) in [6, 6.07) is 0. The van der Waals surface area contributed by atoms with Gasteiger partial charge in [0.2, 0.25) is 0 Å². The summed E-state index contributed by atoms with van der Waals surface area (Å²) in [6.45, 7) is 5.73. The Morgan fingerprint density at radius 2 is 1.69 bits per heavy atom. The van der Waals surface area contributed by atoms with Gasteiger partial charge < -0.3 is 10.2 Å². The molecular formula is C13H17ClO2. The number of benzene rings is 1. The Bertz CT molecular complexity index is 419. The average molecular weight is 241 g/mol. The van der Waals surface area contributed by atoms with Crippen LogP contribution in [0.15, 0.2) is 0 Å². The topological polar surface area (TPSA) is 40.5 Å². The van der Waals surface area contributed by atoms with E-state index in [-0.39, 0.29) is 5.75 Å². The first-order valence-electron chi connectivity index (χ1n) is 5.55. The SMILES string of the molecule is Cc1c(C)c(CC2(O)CC2)c(C)c(Cl)c1O. The molecule has 0 unspecified atom stereocenters. The lowest BCUT2D eigenvalue weighted by Gasteiger charge is -2.18. The summed E-state index contributed by atoms with van der Waals surface area (Å²) in [6.07, 6.45) is 2.37. The van der Waals surface area contributed by atoms with E-state index in [0.29, 0.717) is 11.4 Å². The zero-order valence-electron chi connectivity index (χ0n) is 9.89. The highest BCUT2D eigenvalue weighted by Crippen LogP contribution is 2.43. The van der Waals surface area contributed by atoms with E-state index in [1.807, 2.05) is 20.8 Å². The monoisotopic (exact) mass is 240 g/mol. The highest BCUT2D eigenvalue weighted by atomic mass is 35.5. The van der Waals surface area contributed by atoms with E-state index in [2.05, 4.69) is 0 Å². The lowest BCUT2D eigenvalue weighted by Crippen LogP contribution is -2.13. The van der Waals surface area contributed by atoms with Crippen LogP contribution in [0.25, 0.3) is 0 Å². The van der Waals surface area contributed by atoms with E-state index in [9.17, 15) is 10.2 Å². The van der Waals surface area contributed by atoms with Crippen LogP contribution in [-0.2, 0) is 6.42 Å². The molecule has 2 N–H and O–H groups in total. The van der Waals surface area contributed by atoms with Crippen molar-refractivity contribution in [3.05, 3.63) is 27.3 Å². The fourth-order valence-electron chi connectivity index (χ4n) is 2.08. The zero-order valence-corrected chi connectivity index (χ0v) is 10.6. The van der Waals surface area contributed by atoms with Crippen LogP contribution in [0.5, 0.6) is 5.75 Å². The fourth-order valence-corrected chi connectivity index (χ4v) is 2.33. The van der Waals surface area contributed by atoms with Crippen molar-refractivity contribution in [1.82, 2.24) is 0 Å². The molecule has 0 bridgehead atoms. The molecule has 0 heterocycles. The maximum absolute atomic E-state index is 9.98. The van der Waals surface area contributed by atoms with Crippen LogP contribution in [0, 0.1) is 20.8 Å². The molecule has 1 aromatic carbocycles. The quantitative estimate of drug-likeness (QED) is 0.834. The average Bonchev–Trinajstić information content (AvgIpc) is 2.98. The van der Waals surface area contributed by atoms with Gasteiger partial charge in [0, 0.05) is 6.42 Å². The Hall–Kier alpha value is -0.730. The number of phenols is 1. The maximum atomic E-state index is 9.98. The Morgan fingerprint density at radius 3 is 2.19 bits per heavy atom. The minimum atomic E-state index is -0.526. The number of phenolic OH excluding ortho intramolecular Hbond substituents is 1. The third-order valence-electron chi connectivity index (χ3n) is 3.69. The molecule has 0 atom stereocenters. The van der Waals surface area contributed by atoms with Gasteiger partial charge in [-0.05, 0) is 55.9 Å². The Morgan fingerprint density at radius 1 is 1.12 bits per heavy atom. The molecule has 0 aliphatic heterocycles. The van der Waals surface area contributed by atoms with Crippen LogP contribution < -0.4 is 0 Å². The second kappa shape index (κ2) is 3.64. The van der Waals surface area contributed by atoms with Crippen molar-refractivity contribution >= 4 is 11.6 Å². The number of aromatic hydroxyl groups is 1. The van der Waals surface area contributed by atoms with Gasteiger partial charge in [-0.3, -0.25) is 0 Å². The molecule has 1 aromatic rings. The van der Waals surface area contributed by atoms with Gasteiger partial charge in [0.25, 0.3) is 0 Å². The van der Waals surface area contributed by atoms with E-state index >= 15 is 0 Å². The number of hydrogen-bond donors (Lipinski definition) is 2. The Kier molecular flexibility index (Phi) is 2.67. The molecule has 0 radical (unpaired) electrons. The van der Waals surface area contributed by atoms with Crippen molar-refractivity contribution in [2.24, 2.45) is 0 Å². The molecule has 88 valence electrons. The molecule has 1 fully saturated rings. The normalized spacial score (nSPS) is 17.6. The van der Waals surface area contributed by atoms with Crippen molar-refractivity contribution < 1.29 is 10.2 Å². The maximum Gasteiger partial charge on any atom is 0.137 e. The standard InChI is InChI=1S/C13H17ClO2/c1-7-8(2)12(15)11(14)9(3)10(7)6-13(16)4-5-13/h15-16H,4-6H2,1-3H3. The van der Waals surface area contributed by atoms with Crippen LogP contribution >= 0.6 is 11.6 Å². The van der Waals surface area contributed by atoms with Crippen LogP contribution in [0.4, 0.5) is 0 Å². The number of hydrogen-bond acceptors (Lipinski definition) is 2. The lowest BCUT2D eigenvalue weighted by molar-refractivity contribution is 0.150. The first-order valence-corrected chi connectivity index (χ1v) is 5.93. The van der Waals surface area contributed by atoms with Gasteiger partial charge in [-0.15, -0.1) is 0 Å². The zero-order chi connectivity index (χ0) is 12.1. The van der Waals surface area contributed by atoms with Gasteiger partial charge in [-0.1, -0.05) is 11.6 Å². The van der Waals surface area contributed by atoms with Gasteiger partial charge in [-0.2, -0.15) is 0 Å². The summed E-state index contributed by atoms with van der Waals surface area (Å²) in [5.41, 5.74) is 3.31. The molecule has 0 aromatic heterocycles. The molecule has 1 saturated carbocycles.